The maximum Gasteiger partial charge on any atom is 0.320 e. The first-order valence-electron chi connectivity index (χ1n) is 9.49. The number of carbonyl (C=O) groups excluding carboxylic acids is 2. The third-order valence-electron chi connectivity index (χ3n) is 4.13. The molecule has 0 aliphatic carbocycles. The maximum absolute atomic E-state index is 12.4. The summed E-state index contributed by atoms with van der Waals surface area (Å²) in [4.78, 5) is 36.5. The van der Waals surface area contributed by atoms with Gasteiger partial charge in [0.25, 0.3) is 0 Å². The second-order valence-corrected chi connectivity index (χ2v) is 7.11. The lowest BCUT2D eigenvalue weighted by Crippen LogP contribution is -2.33. The summed E-state index contributed by atoms with van der Waals surface area (Å²) in [6, 6.07) is 9.36. The van der Waals surface area contributed by atoms with Crippen LogP contribution in [0.4, 0.5) is 0 Å². The number of ether oxygens (including phenoxy) is 1. The van der Waals surface area contributed by atoms with E-state index in [0.29, 0.717) is 12.8 Å². The lowest BCUT2D eigenvalue weighted by Gasteiger charge is -2.20. The number of esters is 1. The number of hydrogen-bond acceptors (Lipinski definition) is 4. The fraction of sp³-hybridized carbons (Fsp3) is 0.500. The van der Waals surface area contributed by atoms with Crippen molar-refractivity contribution < 1.29 is 24.2 Å². The molecule has 0 radical (unpaired) electrons. The lowest BCUT2D eigenvalue weighted by molar-refractivity contribution is -0.160. The number of ketones is 1. The summed E-state index contributed by atoms with van der Waals surface area (Å²) in [7, 11) is 0. The van der Waals surface area contributed by atoms with Crippen molar-refractivity contribution in [3.8, 4) is 0 Å². The summed E-state index contributed by atoms with van der Waals surface area (Å²) < 4.78 is 5.14. The van der Waals surface area contributed by atoms with Crippen molar-refractivity contribution in [3.63, 3.8) is 0 Å². The first-order valence-corrected chi connectivity index (χ1v) is 9.49. The van der Waals surface area contributed by atoms with Crippen molar-refractivity contribution in [2.75, 3.05) is 6.61 Å². The zero-order chi connectivity index (χ0) is 20.2. The smallest absolute Gasteiger partial charge is 0.320 e. The summed E-state index contributed by atoms with van der Waals surface area (Å²) in [6.45, 7) is 6.01. The van der Waals surface area contributed by atoms with Gasteiger partial charge in [-0.2, -0.15) is 0 Å². The van der Waals surface area contributed by atoms with Gasteiger partial charge in [0.05, 0.1) is 6.61 Å². The van der Waals surface area contributed by atoms with Gasteiger partial charge in [-0.15, -0.1) is 0 Å². The molecule has 0 saturated heterocycles. The maximum atomic E-state index is 12.4. The van der Waals surface area contributed by atoms with E-state index in [2.05, 4.69) is 0 Å². The molecule has 0 aliphatic heterocycles. The fourth-order valence-corrected chi connectivity index (χ4v) is 2.76. The average molecular weight is 374 g/mol. The minimum atomic E-state index is -1.39. The van der Waals surface area contributed by atoms with E-state index in [9.17, 15) is 19.5 Å². The number of carbonyl (C=O) groups is 3. The first-order chi connectivity index (χ1) is 12.8. The molecular formula is C22H30O5. The standard InChI is InChI=1S/C22H30O5/c1-4-5-13-27-22(26)20(21(24)25)18(15-19(23)14-16(2)3)12-11-17-9-7-6-8-10-17/h6-12,16,18,20H,4-5,13-15H2,1-3H3,(H,24,25)/b12-11+. The quantitative estimate of drug-likeness (QED) is 0.334. The van der Waals surface area contributed by atoms with Gasteiger partial charge in [-0.3, -0.25) is 14.4 Å². The predicted octanol–water partition coefficient (Wildman–Crippen LogP) is 4.37. The minimum Gasteiger partial charge on any atom is -0.481 e. The summed E-state index contributed by atoms with van der Waals surface area (Å²) >= 11 is 0. The Balaban J connectivity index is 3.03. The van der Waals surface area contributed by atoms with Crippen LogP contribution in [0.3, 0.4) is 0 Å². The van der Waals surface area contributed by atoms with Gasteiger partial charge < -0.3 is 9.84 Å². The summed E-state index contributed by atoms with van der Waals surface area (Å²) in [5.74, 6) is -4.06. The number of allylic oxidation sites excluding steroid dienone is 1. The molecule has 27 heavy (non-hydrogen) atoms. The average Bonchev–Trinajstić information content (AvgIpc) is 2.59. The van der Waals surface area contributed by atoms with Crippen molar-refractivity contribution in [3.05, 3.63) is 42.0 Å². The zero-order valence-electron chi connectivity index (χ0n) is 16.4. The molecule has 0 aromatic heterocycles. The topological polar surface area (TPSA) is 80.7 Å². The number of hydrogen-bond donors (Lipinski definition) is 1. The number of carboxylic acid groups (broad SMARTS) is 1. The molecule has 0 spiro atoms. The normalized spacial score (nSPS) is 13.5. The van der Waals surface area contributed by atoms with Crippen LogP contribution in [0.2, 0.25) is 0 Å². The van der Waals surface area contributed by atoms with E-state index in [-0.39, 0.29) is 24.7 Å². The third kappa shape index (κ3) is 8.67. The van der Waals surface area contributed by atoms with Crippen LogP contribution in [-0.4, -0.2) is 29.4 Å². The monoisotopic (exact) mass is 374 g/mol. The Morgan fingerprint density at radius 3 is 2.33 bits per heavy atom. The zero-order valence-corrected chi connectivity index (χ0v) is 16.4. The Bertz CT molecular complexity index is 633. The van der Waals surface area contributed by atoms with Crippen molar-refractivity contribution in [1.82, 2.24) is 0 Å². The molecule has 0 aliphatic rings. The summed E-state index contributed by atoms with van der Waals surface area (Å²) in [6.07, 6.45) is 5.27. The number of rotatable bonds is 12. The Labute approximate surface area is 161 Å². The third-order valence-corrected chi connectivity index (χ3v) is 4.13. The van der Waals surface area contributed by atoms with E-state index in [1.807, 2.05) is 51.1 Å². The summed E-state index contributed by atoms with van der Waals surface area (Å²) in [5.41, 5.74) is 0.877. The summed E-state index contributed by atoms with van der Waals surface area (Å²) in [5, 5.41) is 9.62. The molecule has 1 aromatic rings. The number of unbranched alkanes of at least 4 members (excludes halogenated alkanes) is 1. The van der Waals surface area contributed by atoms with E-state index in [1.165, 1.54) is 0 Å². The molecule has 0 bridgehead atoms. The molecule has 0 saturated carbocycles. The molecule has 148 valence electrons. The molecule has 2 atom stereocenters. The molecule has 5 heteroatoms. The number of Topliss-reactive ketones (excluding diaryl/α,β-unsaturated/α-hetero) is 1. The van der Waals surface area contributed by atoms with Crippen LogP contribution in [0.25, 0.3) is 6.08 Å². The van der Waals surface area contributed by atoms with Crippen molar-refractivity contribution in [2.24, 2.45) is 17.8 Å². The van der Waals surface area contributed by atoms with E-state index in [1.54, 1.807) is 12.2 Å². The van der Waals surface area contributed by atoms with E-state index in [0.717, 1.165) is 12.0 Å². The van der Waals surface area contributed by atoms with Gasteiger partial charge in [0.15, 0.2) is 5.92 Å². The van der Waals surface area contributed by atoms with Crippen LogP contribution in [0, 0.1) is 17.8 Å². The second kappa shape index (κ2) is 12.0. The molecular weight excluding hydrogens is 344 g/mol. The Kier molecular flexibility index (Phi) is 10.1. The Morgan fingerprint density at radius 2 is 1.78 bits per heavy atom. The molecule has 2 unspecified atom stereocenters. The highest BCUT2D eigenvalue weighted by atomic mass is 16.5. The van der Waals surface area contributed by atoms with Gasteiger partial charge in [-0.25, -0.2) is 0 Å². The van der Waals surface area contributed by atoms with Gasteiger partial charge in [0.2, 0.25) is 0 Å². The van der Waals surface area contributed by atoms with Crippen LogP contribution < -0.4 is 0 Å². The lowest BCUT2D eigenvalue weighted by atomic mass is 9.85. The van der Waals surface area contributed by atoms with Crippen LogP contribution in [0.5, 0.6) is 0 Å². The van der Waals surface area contributed by atoms with Crippen molar-refractivity contribution in [2.45, 2.75) is 46.5 Å². The molecule has 1 aromatic carbocycles. The van der Waals surface area contributed by atoms with E-state index >= 15 is 0 Å². The van der Waals surface area contributed by atoms with Crippen molar-refractivity contribution in [1.29, 1.82) is 0 Å². The molecule has 1 rings (SSSR count). The van der Waals surface area contributed by atoms with Crippen LogP contribution in [0.15, 0.2) is 36.4 Å². The SMILES string of the molecule is CCCCOC(=O)C(C(=O)O)C(/C=C/c1ccccc1)CC(=O)CC(C)C. The molecule has 1 N–H and O–H groups in total. The molecule has 0 heterocycles. The fourth-order valence-electron chi connectivity index (χ4n) is 2.76. The Hall–Kier alpha value is -2.43. The second-order valence-electron chi connectivity index (χ2n) is 7.11. The Morgan fingerprint density at radius 1 is 1.11 bits per heavy atom. The molecule has 0 amide bonds. The first kappa shape index (κ1) is 22.6. The number of benzene rings is 1. The number of carboxylic acids is 1. The molecule has 0 fully saturated rings. The van der Waals surface area contributed by atoms with Crippen molar-refractivity contribution >= 4 is 23.8 Å². The van der Waals surface area contributed by atoms with Crippen LogP contribution >= 0.6 is 0 Å². The number of aliphatic carboxylic acids is 1. The van der Waals surface area contributed by atoms with Gasteiger partial charge in [-0.1, -0.05) is 69.7 Å². The van der Waals surface area contributed by atoms with Gasteiger partial charge in [0.1, 0.15) is 5.78 Å². The van der Waals surface area contributed by atoms with Crippen LogP contribution in [0.1, 0.15) is 52.0 Å². The highest BCUT2D eigenvalue weighted by Crippen LogP contribution is 2.23. The highest BCUT2D eigenvalue weighted by molar-refractivity contribution is 5.95. The van der Waals surface area contributed by atoms with Gasteiger partial charge in [0, 0.05) is 18.8 Å². The predicted molar refractivity (Wildman–Crippen MR) is 105 cm³/mol. The van der Waals surface area contributed by atoms with Gasteiger partial charge >= 0.3 is 11.9 Å². The van der Waals surface area contributed by atoms with E-state index < -0.39 is 23.8 Å². The van der Waals surface area contributed by atoms with Crippen LogP contribution in [-0.2, 0) is 19.1 Å². The minimum absolute atomic E-state index is 0.00135. The highest BCUT2D eigenvalue weighted by Gasteiger charge is 2.36. The van der Waals surface area contributed by atoms with E-state index in [4.69, 9.17) is 4.74 Å². The molecule has 5 nitrogen and oxygen atoms in total. The largest absolute Gasteiger partial charge is 0.481 e. The van der Waals surface area contributed by atoms with Gasteiger partial charge in [-0.05, 0) is 17.9 Å².